The molecule has 2 rings (SSSR count). The van der Waals surface area contributed by atoms with E-state index in [1.54, 1.807) is 0 Å². The Labute approximate surface area is 121 Å². The molecule has 6 nitrogen and oxygen atoms in total. The van der Waals surface area contributed by atoms with Gasteiger partial charge in [-0.1, -0.05) is 13.8 Å². The third kappa shape index (κ3) is 2.59. The van der Waals surface area contributed by atoms with E-state index < -0.39 is 11.2 Å². The first-order chi connectivity index (χ1) is 9.40. The van der Waals surface area contributed by atoms with Crippen LogP contribution in [0.3, 0.4) is 0 Å². The van der Waals surface area contributed by atoms with E-state index in [4.69, 9.17) is 5.26 Å². The molecular weight excluding hydrogens is 276 g/mol. The summed E-state index contributed by atoms with van der Waals surface area (Å²) >= 11 is -1.29. The van der Waals surface area contributed by atoms with Gasteiger partial charge in [-0.15, -0.1) is 0 Å². The number of aromatic nitrogens is 2. The third-order valence-corrected chi connectivity index (χ3v) is 4.86. The van der Waals surface area contributed by atoms with Gasteiger partial charge < -0.3 is 15.0 Å². The number of hydrogen-bond donors (Lipinski definition) is 2. The molecule has 1 fully saturated rings. The number of aliphatic hydroxyl groups excluding tert-OH is 1. The fraction of sp³-hybridized carbons (Fsp3) is 0.615. The van der Waals surface area contributed by atoms with Crippen molar-refractivity contribution in [1.82, 2.24) is 9.97 Å². The zero-order valence-electron chi connectivity index (χ0n) is 11.8. The van der Waals surface area contributed by atoms with Crippen LogP contribution in [0.25, 0.3) is 0 Å². The molecular formula is C13H18N4O2S. The highest BCUT2D eigenvalue weighted by molar-refractivity contribution is 7.90. The Bertz CT molecular complexity index is 542. The molecule has 0 aliphatic heterocycles. The van der Waals surface area contributed by atoms with E-state index in [1.807, 2.05) is 6.07 Å². The van der Waals surface area contributed by atoms with Crippen molar-refractivity contribution in [2.75, 3.05) is 18.2 Å². The lowest BCUT2D eigenvalue weighted by molar-refractivity contribution is 0.00446. The Hall–Kier alpha value is -1.36. The minimum absolute atomic E-state index is 0.0715. The van der Waals surface area contributed by atoms with Crippen LogP contribution in [0.15, 0.2) is 11.4 Å². The van der Waals surface area contributed by atoms with Crippen LogP contribution in [-0.2, 0) is 11.2 Å². The molecule has 1 unspecified atom stereocenters. The molecule has 108 valence electrons. The third-order valence-electron chi connectivity index (χ3n) is 4.15. The maximum Gasteiger partial charge on any atom is 0.344 e. The minimum atomic E-state index is -1.29. The molecule has 1 aliphatic rings. The van der Waals surface area contributed by atoms with Crippen molar-refractivity contribution in [3.63, 3.8) is 0 Å². The number of nitrogens with zero attached hydrogens (tertiary/aromatic N) is 3. The van der Waals surface area contributed by atoms with Gasteiger partial charge in [-0.2, -0.15) is 15.2 Å². The smallest absolute Gasteiger partial charge is 0.344 e. The van der Waals surface area contributed by atoms with Crippen LogP contribution < -0.4 is 5.32 Å². The van der Waals surface area contributed by atoms with Gasteiger partial charge in [0.1, 0.15) is 17.9 Å². The molecule has 2 N–H and O–H groups in total. The topological polar surface area (TPSA) is 105 Å². The number of anilines is 1. The summed E-state index contributed by atoms with van der Waals surface area (Å²) in [5.74, 6) is 0.661. The summed E-state index contributed by atoms with van der Waals surface area (Å²) in [4.78, 5) is 8.09. The standard InChI is InChI=1S/C13H18N4O2S/c1-13(2)9(7-18)4-10(13)16-11-8(5-14)6-15-12(17-11)20(3)19/h6,9-10,18H,4,7H2,1-3H3,(H,15,16,17)/t9-,10-,20?/m1/s1. The predicted molar refractivity (Wildman–Crippen MR) is 75.5 cm³/mol. The SMILES string of the molecule is C[S+]([O-])c1ncc(C#N)c(N[C@@H]2C[C@H](CO)C2(C)C)n1. The monoisotopic (exact) mass is 294 g/mol. The molecule has 20 heavy (non-hydrogen) atoms. The summed E-state index contributed by atoms with van der Waals surface area (Å²) in [6.07, 6.45) is 3.71. The highest BCUT2D eigenvalue weighted by Gasteiger charge is 2.47. The molecule has 0 saturated heterocycles. The highest BCUT2D eigenvalue weighted by atomic mass is 32.2. The van der Waals surface area contributed by atoms with Crippen LogP contribution in [-0.4, -0.2) is 38.5 Å². The molecule has 0 spiro atoms. The Kier molecular flexibility index (Phi) is 4.18. The first-order valence-corrected chi connectivity index (χ1v) is 7.94. The normalized spacial score (nSPS) is 25.4. The van der Waals surface area contributed by atoms with Crippen LogP contribution in [0, 0.1) is 22.7 Å². The lowest BCUT2D eigenvalue weighted by Gasteiger charge is -2.51. The molecule has 0 amide bonds. The van der Waals surface area contributed by atoms with Crippen molar-refractivity contribution in [2.45, 2.75) is 31.5 Å². The van der Waals surface area contributed by atoms with E-state index >= 15 is 0 Å². The number of nitriles is 1. The summed E-state index contributed by atoms with van der Waals surface area (Å²) in [6.45, 7) is 4.30. The zero-order valence-corrected chi connectivity index (χ0v) is 12.6. The second-order valence-electron chi connectivity index (χ2n) is 5.61. The van der Waals surface area contributed by atoms with Crippen LogP contribution in [0.4, 0.5) is 5.82 Å². The average molecular weight is 294 g/mol. The maximum atomic E-state index is 11.4. The first-order valence-electron chi connectivity index (χ1n) is 6.38. The molecule has 1 saturated carbocycles. The fourth-order valence-electron chi connectivity index (χ4n) is 2.43. The van der Waals surface area contributed by atoms with Gasteiger partial charge in [0.2, 0.25) is 0 Å². The van der Waals surface area contributed by atoms with E-state index in [0.717, 1.165) is 6.42 Å². The van der Waals surface area contributed by atoms with Crippen molar-refractivity contribution in [3.05, 3.63) is 11.8 Å². The Morgan fingerprint density at radius 3 is 2.85 bits per heavy atom. The van der Waals surface area contributed by atoms with Crippen molar-refractivity contribution >= 4 is 17.0 Å². The number of hydrogen-bond acceptors (Lipinski definition) is 6. The molecule has 1 heterocycles. The van der Waals surface area contributed by atoms with E-state index in [1.165, 1.54) is 12.5 Å². The van der Waals surface area contributed by atoms with Gasteiger partial charge >= 0.3 is 5.16 Å². The number of nitrogens with one attached hydrogen (secondary N) is 1. The van der Waals surface area contributed by atoms with E-state index in [2.05, 4.69) is 29.1 Å². The van der Waals surface area contributed by atoms with E-state index in [0.29, 0.717) is 11.4 Å². The van der Waals surface area contributed by atoms with Gasteiger partial charge in [-0.3, -0.25) is 0 Å². The Morgan fingerprint density at radius 1 is 1.65 bits per heavy atom. The van der Waals surface area contributed by atoms with Crippen LogP contribution in [0.1, 0.15) is 25.8 Å². The predicted octanol–water partition coefficient (Wildman–Crippen LogP) is 0.905. The van der Waals surface area contributed by atoms with Crippen LogP contribution in [0.2, 0.25) is 0 Å². The van der Waals surface area contributed by atoms with Crippen LogP contribution >= 0.6 is 0 Å². The summed E-state index contributed by atoms with van der Waals surface area (Å²) in [7, 11) is 0. The molecule has 1 aliphatic carbocycles. The van der Waals surface area contributed by atoms with Crippen molar-refractivity contribution in [1.29, 1.82) is 5.26 Å². The average Bonchev–Trinajstić information content (AvgIpc) is 2.42. The molecule has 1 aromatic rings. The van der Waals surface area contributed by atoms with Gasteiger partial charge in [0, 0.05) is 23.8 Å². The second kappa shape index (κ2) is 5.56. The Morgan fingerprint density at radius 2 is 2.35 bits per heavy atom. The van der Waals surface area contributed by atoms with Gasteiger partial charge in [0.15, 0.2) is 5.82 Å². The van der Waals surface area contributed by atoms with Gasteiger partial charge in [0.05, 0.1) is 6.20 Å². The van der Waals surface area contributed by atoms with Gasteiger partial charge in [0.25, 0.3) is 0 Å². The van der Waals surface area contributed by atoms with E-state index in [-0.39, 0.29) is 29.1 Å². The first kappa shape index (κ1) is 15.0. The quantitative estimate of drug-likeness (QED) is 0.631. The summed E-state index contributed by atoms with van der Waals surface area (Å²) in [6, 6.07) is 2.16. The lowest BCUT2D eigenvalue weighted by atomic mass is 9.59. The summed E-state index contributed by atoms with van der Waals surface area (Å²) in [5, 5.41) is 21.8. The lowest BCUT2D eigenvalue weighted by Crippen LogP contribution is -2.54. The number of aliphatic hydroxyl groups is 1. The van der Waals surface area contributed by atoms with E-state index in [9.17, 15) is 9.66 Å². The fourth-order valence-corrected chi connectivity index (χ4v) is 2.85. The van der Waals surface area contributed by atoms with Crippen molar-refractivity contribution in [2.24, 2.45) is 11.3 Å². The molecule has 0 aromatic carbocycles. The van der Waals surface area contributed by atoms with Crippen molar-refractivity contribution in [3.8, 4) is 6.07 Å². The molecule has 0 bridgehead atoms. The van der Waals surface area contributed by atoms with Gasteiger partial charge in [-0.05, 0) is 17.8 Å². The molecule has 7 heteroatoms. The minimum Gasteiger partial charge on any atom is -0.609 e. The summed E-state index contributed by atoms with van der Waals surface area (Å²) < 4.78 is 11.4. The Balaban J connectivity index is 2.21. The maximum absolute atomic E-state index is 11.4. The molecule has 1 aromatic heterocycles. The second-order valence-corrected chi connectivity index (χ2v) is 6.89. The van der Waals surface area contributed by atoms with Gasteiger partial charge in [-0.25, -0.2) is 0 Å². The highest BCUT2D eigenvalue weighted by Crippen LogP contribution is 2.47. The largest absolute Gasteiger partial charge is 0.609 e. The van der Waals surface area contributed by atoms with Crippen LogP contribution in [0.5, 0.6) is 0 Å². The van der Waals surface area contributed by atoms with Crippen molar-refractivity contribution < 1.29 is 9.66 Å². The summed E-state index contributed by atoms with van der Waals surface area (Å²) in [5.41, 5.74) is 0.264. The molecule has 0 radical (unpaired) electrons. The number of rotatable bonds is 4. The zero-order chi connectivity index (χ0) is 14.9. The molecule has 3 atom stereocenters.